The van der Waals surface area contributed by atoms with Crippen LogP contribution in [0.4, 0.5) is 0 Å². The van der Waals surface area contributed by atoms with Gasteiger partial charge in [-0.1, -0.05) is 36.3 Å². The first kappa shape index (κ1) is 9.97. The summed E-state index contributed by atoms with van der Waals surface area (Å²) in [5, 5.41) is 0. The number of benzene rings is 1. The van der Waals surface area contributed by atoms with Crippen molar-refractivity contribution in [1.82, 2.24) is 0 Å². The van der Waals surface area contributed by atoms with E-state index in [-0.39, 0.29) is 0 Å². The molecule has 1 aromatic carbocycles. The van der Waals surface area contributed by atoms with Gasteiger partial charge in [-0.05, 0) is 5.56 Å². The van der Waals surface area contributed by atoms with Crippen molar-refractivity contribution >= 4 is 11.1 Å². The van der Waals surface area contributed by atoms with Gasteiger partial charge in [-0.15, -0.1) is 6.42 Å². The van der Waals surface area contributed by atoms with Crippen molar-refractivity contribution in [3.63, 3.8) is 0 Å². The molecule has 0 aliphatic rings. The maximum atomic E-state index is 10.8. The minimum atomic E-state index is -1.34. The third-order valence-electron chi connectivity index (χ3n) is 1.49. The predicted octanol–water partition coefficient (Wildman–Crippen LogP) is 1.67. The summed E-state index contributed by atoms with van der Waals surface area (Å²) in [5.74, 6) is 2.43. The quantitative estimate of drug-likeness (QED) is 0.684. The van der Waals surface area contributed by atoms with Crippen molar-refractivity contribution in [2.45, 2.75) is 6.10 Å². The molecular formula is C10H10O2S. The molecule has 0 radical (unpaired) electrons. The van der Waals surface area contributed by atoms with Gasteiger partial charge in [0.05, 0.1) is 0 Å². The number of terminal acetylenes is 1. The summed E-state index contributed by atoms with van der Waals surface area (Å²) in [6, 6.07) is 9.30. The molecule has 0 aliphatic heterocycles. The molecule has 13 heavy (non-hydrogen) atoms. The highest BCUT2D eigenvalue weighted by atomic mass is 32.2. The molecule has 3 heteroatoms. The summed E-state index contributed by atoms with van der Waals surface area (Å²) in [6.45, 7) is 0. The van der Waals surface area contributed by atoms with Crippen molar-refractivity contribution in [3.05, 3.63) is 35.9 Å². The predicted molar refractivity (Wildman–Crippen MR) is 53.2 cm³/mol. The van der Waals surface area contributed by atoms with Gasteiger partial charge < -0.3 is 0 Å². The molecule has 0 fully saturated rings. The van der Waals surface area contributed by atoms with Crippen LogP contribution in [0.15, 0.2) is 30.3 Å². The van der Waals surface area contributed by atoms with Gasteiger partial charge in [0.2, 0.25) is 0 Å². The van der Waals surface area contributed by atoms with E-state index in [4.69, 9.17) is 10.6 Å². The lowest BCUT2D eigenvalue weighted by Crippen LogP contribution is -2.03. The average Bonchev–Trinajstić information content (AvgIpc) is 2.15. The zero-order valence-electron chi connectivity index (χ0n) is 7.27. The standard InChI is InChI=1S/C10H10O2S/c1-3-10(12-13(2)11)9-7-5-4-6-8-9/h1,4-8,10H,2H3/t10-,13?/m1/s1. The van der Waals surface area contributed by atoms with Crippen LogP contribution >= 0.6 is 0 Å². The Morgan fingerprint density at radius 3 is 2.54 bits per heavy atom. The van der Waals surface area contributed by atoms with Crippen LogP contribution in [0.1, 0.15) is 11.7 Å². The molecule has 0 amide bonds. The van der Waals surface area contributed by atoms with Gasteiger partial charge in [0, 0.05) is 6.26 Å². The molecule has 0 saturated heterocycles. The van der Waals surface area contributed by atoms with E-state index in [0.717, 1.165) is 5.56 Å². The van der Waals surface area contributed by atoms with E-state index in [1.165, 1.54) is 6.26 Å². The van der Waals surface area contributed by atoms with Gasteiger partial charge in [-0.3, -0.25) is 4.18 Å². The molecule has 0 aliphatic carbocycles. The smallest absolute Gasteiger partial charge is 0.160 e. The van der Waals surface area contributed by atoms with E-state index >= 15 is 0 Å². The van der Waals surface area contributed by atoms with Crippen LogP contribution < -0.4 is 0 Å². The lowest BCUT2D eigenvalue weighted by Gasteiger charge is -2.08. The Labute approximate surface area is 80.6 Å². The summed E-state index contributed by atoms with van der Waals surface area (Å²) in [5.41, 5.74) is 0.847. The Kier molecular flexibility index (Phi) is 3.69. The monoisotopic (exact) mass is 194 g/mol. The highest BCUT2D eigenvalue weighted by Crippen LogP contribution is 2.16. The summed E-state index contributed by atoms with van der Waals surface area (Å²) >= 11 is -1.34. The Morgan fingerprint density at radius 1 is 1.46 bits per heavy atom. The molecule has 2 atom stereocenters. The molecule has 0 N–H and O–H groups in total. The first-order valence-electron chi connectivity index (χ1n) is 3.75. The van der Waals surface area contributed by atoms with Crippen molar-refractivity contribution in [1.29, 1.82) is 0 Å². The van der Waals surface area contributed by atoms with Crippen molar-refractivity contribution in [2.24, 2.45) is 0 Å². The van der Waals surface area contributed by atoms with Crippen LogP contribution in [0.3, 0.4) is 0 Å². The van der Waals surface area contributed by atoms with Gasteiger partial charge in [-0.2, -0.15) is 0 Å². The first-order valence-corrected chi connectivity index (χ1v) is 5.24. The fourth-order valence-corrected chi connectivity index (χ4v) is 1.38. The highest BCUT2D eigenvalue weighted by Gasteiger charge is 2.09. The second-order valence-corrected chi connectivity index (χ2v) is 3.45. The third-order valence-corrected chi connectivity index (χ3v) is 1.95. The molecule has 0 heterocycles. The molecule has 1 unspecified atom stereocenters. The van der Waals surface area contributed by atoms with Crippen LogP contribution in [-0.4, -0.2) is 10.5 Å². The molecule has 0 bridgehead atoms. The number of hydrogen-bond donors (Lipinski definition) is 0. The number of rotatable bonds is 3. The lowest BCUT2D eigenvalue weighted by molar-refractivity contribution is 0.297. The van der Waals surface area contributed by atoms with Crippen LogP contribution in [0.25, 0.3) is 0 Å². The van der Waals surface area contributed by atoms with Crippen molar-refractivity contribution in [3.8, 4) is 12.3 Å². The second kappa shape index (κ2) is 4.80. The molecule has 2 nitrogen and oxygen atoms in total. The van der Waals surface area contributed by atoms with Crippen molar-refractivity contribution < 1.29 is 8.39 Å². The third kappa shape index (κ3) is 3.02. The molecular weight excluding hydrogens is 184 g/mol. The highest BCUT2D eigenvalue weighted by molar-refractivity contribution is 7.79. The van der Waals surface area contributed by atoms with Crippen LogP contribution in [0.2, 0.25) is 0 Å². The minimum absolute atomic E-state index is 0.521. The van der Waals surface area contributed by atoms with E-state index < -0.39 is 17.2 Å². The summed E-state index contributed by atoms with van der Waals surface area (Å²) < 4.78 is 15.8. The van der Waals surface area contributed by atoms with E-state index in [1.54, 1.807) is 0 Å². The molecule has 1 rings (SSSR count). The van der Waals surface area contributed by atoms with Crippen molar-refractivity contribution in [2.75, 3.05) is 6.26 Å². The first-order chi connectivity index (χ1) is 6.24. The van der Waals surface area contributed by atoms with Gasteiger partial charge in [0.1, 0.15) is 0 Å². The van der Waals surface area contributed by atoms with Crippen LogP contribution in [0, 0.1) is 12.3 Å². The van der Waals surface area contributed by atoms with E-state index in [2.05, 4.69) is 5.92 Å². The van der Waals surface area contributed by atoms with Crippen LogP contribution in [0.5, 0.6) is 0 Å². The summed E-state index contributed by atoms with van der Waals surface area (Å²) in [4.78, 5) is 0. The second-order valence-electron chi connectivity index (χ2n) is 2.45. The molecule has 68 valence electrons. The topological polar surface area (TPSA) is 26.3 Å². The largest absolute Gasteiger partial charge is 0.269 e. The molecule has 1 aromatic rings. The normalized spacial score (nSPS) is 14.5. The molecule has 0 spiro atoms. The Balaban J connectivity index is 2.80. The maximum Gasteiger partial charge on any atom is 0.160 e. The SMILES string of the molecule is C#C[C@@H](OS(C)=O)c1ccccc1. The Morgan fingerprint density at radius 2 is 2.08 bits per heavy atom. The lowest BCUT2D eigenvalue weighted by atomic mass is 10.1. The fourth-order valence-electron chi connectivity index (χ4n) is 0.943. The Hall–Kier alpha value is -1.11. The zero-order chi connectivity index (χ0) is 9.68. The number of hydrogen-bond acceptors (Lipinski definition) is 2. The van der Waals surface area contributed by atoms with Crippen LogP contribution in [-0.2, 0) is 15.3 Å². The Bertz CT molecular complexity index is 327. The minimum Gasteiger partial charge on any atom is -0.269 e. The van der Waals surface area contributed by atoms with Gasteiger partial charge >= 0.3 is 0 Å². The van der Waals surface area contributed by atoms with Gasteiger partial charge in [0.25, 0.3) is 0 Å². The van der Waals surface area contributed by atoms with E-state index in [1.807, 2.05) is 30.3 Å². The maximum absolute atomic E-state index is 10.8. The zero-order valence-corrected chi connectivity index (χ0v) is 8.08. The van der Waals surface area contributed by atoms with Gasteiger partial charge in [0.15, 0.2) is 17.2 Å². The van der Waals surface area contributed by atoms with E-state index in [0.29, 0.717) is 0 Å². The molecule has 0 saturated carbocycles. The summed E-state index contributed by atoms with van der Waals surface area (Å²) in [7, 11) is 0. The fraction of sp³-hybridized carbons (Fsp3) is 0.200. The average molecular weight is 194 g/mol. The van der Waals surface area contributed by atoms with Gasteiger partial charge in [-0.25, -0.2) is 4.21 Å². The van der Waals surface area contributed by atoms with E-state index in [9.17, 15) is 4.21 Å². The molecule has 0 aromatic heterocycles. The summed E-state index contributed by atoms with van der Waals surface area (Å²) in [6.07, 6.45) is 6.17.